The molecule has 21 heavy (non-hydrogen) atoms. The van der Waals surface area contributed by atoms with Gasteiger partial charge in [0.2, 0.25) is 11.8 Å². The highest BCUT2D eigenvalue weighted by atomic mass is 16.5. The molecule has 3 aliphatic heterocycles. The summed E-state index contributed by atoms with van der Waals surface area (Å²) in [6, 6.07) is 0.0290. The molecule has 6 nitrogen and oxygen atoms in total. The summed E-state index contributed by atoms with van der Waals surface area (Å²) in [5, 5.41) is 2.88. The fourth-order valence-electron chi connectivity index (χ4n) is 3.56. The van der Waals surface area contributed by atoms with Crippen molar-refractivity contribution >= 4 is 11.8 Å². The molecule has 0 aromatic heterocycles. The first kappa shape index (κ1) is 14.8. The SMILES string of the molecule is CN1CCC2(CC1)CN(C(=O)C[C@@H]1CCC(=O)N1)CCO2. The van der Waals surface area contributed by atoms with Crippen molar-refractivity contribution in [1.82, 2.24) is 15.1 Å². The standard InChI is InChI=1S/C15H25N3O3/c1-17-6-4-15(5-7-17)11-18(8-9-21-15)14(20)10-12-2-3-13(19)16-12/h12H,2-11H2,1H3,(H,16,19)/t12-/m0/s1. The molecular weight excluding hydrogens is 270 g/mol. The summed E-state index contributed by atoms with van der Waals surface area (Å²) >= 11 is 0. The Bertz CT molecular complexity index is 418. The highest BCUT2D eigenvalue weighted by Gasteiger charge is 2.40. The Morgan fingerprint density at radius 1 is 1.38 bits per heavy atom. The second-order valence-electron chi connectivity index (χ2n) is 6.66. The largest absolute Gasteiger partial charge is 0.371 e. The van der Waals surface area contributed by atoms with Gasteiger partial charge < -0.3 is 19.9 Å². The molecule has 0 aliphatic carbocycles. The number of hydrogen-bond acceptors (Lipinski definition) is 4. The zero-order valence-electron chi connectivity index (χ0n) is 12.8. The fourth-order valence-corrected chi connectivity index (χ4v) is 3.56. The first-order valence-electron chi connectivity index (χ1n) is 7.96. The van der Waals surface area contributed by atoms with E-state index < -0.39 is 0 Å². The van der Waals surface area contributed by atoms with E-state index in [1.54, 1.807) is 0 Å². The molecule has 0 aromatic rings. The van der Waals surface area contributed by atoms with Crippen molar-refractivity contribution in [3.63, 3.8) is 0 Å². The Morgan fingerprint density at radius 2 is 2.14 bits per heavy atom. The lowest BCUT2D eigenvalue weighted by Gasteiger charge is -2.46. The predicted octanol–water partition coefficient (Wildman–Crippen LogP) is -0.0217. The third-order valence-corrected chi connectivity index (χ3v) is 5.01. The number of amides is 2. The average molecular weight is 295 g/mol. The Balaban J connectivity index is 1.55. The Kier molecular flexibility index (Phi) is 4.17. The molecule has 3 heterocycles. The summed E-state index contributed by atoms with van der Waals surface area (Å²) < 4.78 is 6.03. The molecule has 0 saturated carbocycles. The Morgan fingerprint density at radius 3 is 2.81 bits per heavy atom. The maximum absolute atomic E-state index is 12.5. The van der Waals surface area contributed by atoms with Gasteiger partial charge in [-0.15, -0.1) is 0 Å². The van der Waals surface area contributed by atoms with Gasteiger partial charge in [-0.2, -0.15) is 0 Å². The lowest BCUT2D eigenvalue weighted by Crippen LogP contribution is -2.58. The second-order valence-corrected chi connectivity index (χ2v) is 6.66. The van der Waals surface area contributed by atoms with Crippen LogP contribution >= 0.6 is 0 Å². The van der Waals surface area contributed by atoms with Crippen LogP contribution < -0.4 is 5.32 Å². The van der Waals surface area contributed by atoms with Crippen molar-refractivity contribution in [2.45, 2.75) is 43.7 Å². The summed E-state index contributed by atoms with van der Waals surface area (Å²) in [6.45, 7) is 4.07. The molecule has 1 N–H and O–H groups in total. The normalized spacial score (nSPS) is 29.7. The zero-order valence-corrected chi connectivity index (χ0v) is 12.8. The Hall–Kier alpha value is -1.14. The lowest BCUT2D eigenvalue weighted by atomic mass is 9.89. The summed E-state index contributed by atoms with van der Waals surface area (Å²) in [5.41, 5.74) is -0.140. The van der Waals surface area contributed by atoms with Crippen molar-refractivity contribution in [3.8, 4) is 0 Å². The van der Waals surface area contributed by atoms with E-state index in [2.05, 4.69) is 17.3 Å². The van der Waals surface area contributed by atoms with Crippen LogP contribution in [-0.2, 0) is 14.3 Å². The molecule has 1 spiro atoms. The molecule has 0 aromatic carbocycles. The predicted molar refractivity (Wildman–Crippen MR) is 77.8 cm³/mol. The number of morpholine rings is 1. The van der Waals surface area contributed by atoms with E-state index in [9.17, 15) is 9.59 Å². The summed E-state index contributed by atoms with van der Waals surface area (Å²) in [4.78, 5) is 27.9. The lowest BCUT2D eigenvalue weighted by molar-refractivity contribution is -0.159. The first-order valence-corrected chi connectivity index (χ1v) is 7.96. The zero-order chi connectivity index (χ0) is 14.9. The van der Waals surface area contributed by atoms with Crippen molar-refractivity contribution in [2.24, 2.45) is 0 Å². The number of nitrogens with zero attached hydrogens (tertiary/aromatic N) is 2. The third kappa shape index (κ3) is 3.37. The molecule has 3 fully saturated rings. The van der Waals surface area contributed by atoms with Crippen molar-refractivity contribution in [1.29, 1.82) is 0 Å². The molecule has 0 bridgehead atoms. The van der Waals surface area contributed by atoms with E-state index in [0.717, 1.165) is 32.4 Å². The average Bonchev–Trinajstić information content (AvgIpc) is 2.88. The van der Waals surface area contributed by atoms with Crippen LogP contribution in [0.2, 0.25) is 0 Å². The molecule has 2 amide bonds. The van der Waals surface area contributed by atoms with E-state index in [4.69, 9.17) is 4.74 Å². The fraction of sp³-hybridized carbons (Fsp3) is 0.867. The van der Waals surface area contributed by atoms with E-state index >= 15 is 0 Å². The minimum atomic E-state index is -0.140. The van der Waals surface area contributed by atoms with Gasteiger partial charge in [-0.25, -0.2) is 0 Å². The number of carbonyl (C=O) groups excluding carboxylic acids is 2. The van der Waals surface area contributed by atoms with Crippen LogP contribution in [0.1, 0.15) is 32.1 Å². The van der Waals surface area contributed by atoms with E-state index in [1.165, 1.54) is 0 Å². The number of nitrogens with one attached hydrogen (secondary N) is 1. The van der Waals surface area contributed by atoms with E-state index in [0.29, 0.717) is 32.5 Å². The molecule has 3 saturated heterocycles. The molecular formula is C15H25N3O3. The van der Waals surface area contributed by atoms with Gasteiger partial charge >= 0.3 is 0 Å². The molecule has 3 rings (SSSR count). The van der Waals surface area contributed by atoms with Crippen LogP contribution in [0.4, 0.5) is 0 Å². The van der Waals surface area contributed by atoms with Gasteiger partial charge in [0.15, 0.2) is 0 Å². The summed E-state index contributed by atoms with van der Waals surface area (Å²) in [6.07, 6.45) is 3.75. The van der Waals surface area contributed by atoms with Crippen molar-refractivity contribution in [2.75, 3.05) is 39.8 Å². The number of piperidine rings is 1. The van der Waals surface area contributed by atoms with Crippen molar-refractivity contribution < 1.29 is 14.3 Å². The summed E-state index contributed by atoms with van der Waals surface area (Å²) in [7, 11) is 2.13. The van der Waals surface area contributed by atoms with Gasteiger partial charge in [0.1, 0.15) is 0 Å². The molecule has 0 radical (unpaired) electrons. The molecule has 6 heteroatoms. The smallest absolute Gasteiger partial charge is 0.224 e. The van der Waals surface area contributed by atoms with Crippen LogP contribution in [0, 0.1) is 0 Å². The number of carbonyl (C=O) groups is 2. The first-order chi connectivity index (χ1) is 10.1. The number of likely N-dealkylation sites (tertiary alicyclic amines) is 1. The number of hydrogen-bond donors (Lipinski definition) is 1. The van der Waals surface area contributed by atoms with Gasteiger partial charge in [-0.1, -0.05) is 0 Å². The summed E-state index contributed by atoms with van der Waals surface area (Å²) in [5.74, 6) is 0.227. The van der Waals surface area contributed by atoms with Crippen LogP contribution in [0.5, 0.6) is 0 Å². The van der Waals surface area contributed by atoms with E-state index in [1.807, 2.05) is 4.90 Å². The maximum atomic E-state index is 12.5. The van der Waals surface area contributed by atoms with Gasteiger partial charge in [0.25, 0.3) is 0 Å². The van der Waals surface area contributed by atoms with Gasteiger partial charge in [0, 0.05) is 45.1 Å². The second kappa shape index (κ2) is 5.93. The minimum Gasteiger partial charge on any atom is -0.371 e. The highest BCUT2D eigenvalue weighted by molar-refractivity contribution is 5.82. The van der Waals surface area contributed by atoms with Crippen LogP contribution in [0.3, 0.4) is 0 Å². The number of rotatable bonds is 2. The third-order valence-electron chi connectivity index (χ3n) is 5.01. The number of ether oxygens (including phenoxy) is 1. The van der Waals surface area contributed by atoms with E-state index in [-0.39, 0.29) is 23.5 Å². The van der Waals surface area contributed by atoms with Crippen LogP contribution in [0.15, 0.2) is 0 Å². The minimum absolute atomic E-state index is 0.0290. The molecule has 0 unspecified atom stereocenters. The molecule has 1 atom stereocenters. The van der Waals surface area contributed by atoms with Crippen LogP contribution in [-0.4, -0.2) is 73.1 Å². The van der Waals surface area contributed by atoms with Gasteiger partial charge in [-0.3, -0.25) is 9.59 Å². The quantitative estimate of drug-likeness (QED) is 0.778. The molecule has 3 aliphatic rings. The monoisotopic (exact) mass is 295 g/mol. The van der Waals surface area contributed by atoms with Crippen LogP contribution in [0.25, 0.3) is 0 Å². The van der Waals surface area contributed by atoms with Gasteiger partial charge in [0.05, 0.1) is 12.2 Å². The van der Waals surface area contributed by atoms with Crippen molar-refractivity contribution in [3.05, 3.63) is 0 Å². The molecule has 118 valence electrons. The Labute approximate surface area is 125 Å². The topological polar surface area (TPSA) is 61.9 Å². The van der Waals surface area contributed by atoms with Gasteiger partial charge in [-0.05, 0) is 26.3 Å². The maximum Gasteiger partial charge on any atom is 0.224 e. The highest BCUT2D eigenvalue weighted by Crippen LogP contribution is 2.30.